The number of thiocarbonyl (C=S) groups is 1. The summed E-state index contributed by atoms with van der Waals surface area (Å²) in [5.41, 5.74) is 0. The van der Waals surface area contributed by atoms with E-state index in [1.807, 2.05) is 4.90 Å². The van der Waals surface area contributed by atoms with Gasteiger partial charge < -0.3 is 19.1 Å². The number of methoxy groups -OCH3 is 2. The van der Waals surface area contributed by atoms with E-state index in [-0.39, 0.29) is 11.5 Å². The zero-order chi connectivity index (χ0) is 18.0. The molecule has 1 atom stereocenters. The van der Waals surface area contributed by atoms with Crippen molar-refractivity contribution in [2.45, 2.75) is 17.1 Å². The molecule has 0 aromatic rings. The Bertz CT molecular complexity index is 574. The quantitative estimate of drug-likeness (QED) is 0.298. The van der Waals surface area contributed by atoms with Crippen molar-refractivity contribution in [2.24, 2.45) is 0 Å². The molecule has 2 rings (SSSR count). The van der Waals surface area contributed by atoms with Gasteiger partial charge in [-0.15, -0.1) is 18.2 Å². The molecule has 1 aliphatic heterocycles. The number of thioether (sulfide) groups is 1. The van der Waals surface area contributed by atoms with E-state index in [1.54, 1.807) is 0 Å². The summed E-state index contributed by atoms with van der Waals surface area (Å²) < 4.78 is 17.0. The average molecular weight is 412 g/mol. The Morgan fingerprint density at radius 2 is 2.04 bits per heavy atom. The van der Waals surface area contributed by atoms with Gasteiger partial charge in [-0.1, -0.05) is 41.7 Å². The standard InChI is InChI=1S/C15H19Cl2NO4S2/c1-4-5-14(17)11(19)10(16)12(15(14,20-2)21-3)24-13(23)18-6-8-22-9-7-18/h4H,1,5-9H2,2-3H3. The Balaban J connectivity index is 2.36. The number of rotatable bonds is 5. The van der Waals surface area contributed by atoms with Crippen LogP contribution in [-0.4, -0.2) is 66.2 Å². The fourth-order valence-corrected chi connectivity index (χ4v) is 5.31. The zero-order valence-electron chi connectivity index (χ0n) is 13.5. The highest BCUT2D eigenvalue weighted by atomic mass is 35.5. The van der Waals surface area contributed by atoms with Crippen molar-refractivity contribution in [2.75, 3.05) is 40.5 Å². The van der Waals surface area contributed by atoms with Crippen LogP contribution in [-0.2, 0) is 19.0 Å². The van der Waals surface area contributed by atoms with Crippen molar-refractivity contribution in [3.63, 3.8) is 0 Å². The van der Waals surface area contributed by atoms with Gasteiger partial charge in [0.15, 0.2) is 4.87 Å². The third-order valence-electron chi connectivity index (χ3n) is 4.04. The molecular weight excluding hydrogens is 393 g/mol. The first-order chi connectivity index (χ1) is 11.4. The highest BCUT2D eigenvalue weighted by Gasteiger charge is 2.65. The highest BCUT2D eigenvalue weighted by Crippen LogP contribution is 2.55. The van der Waals surface area contributed by atoms with Gasteiger partial charge >= 0.3 is 0 Å². The first-order valence-corrected chi connectivity index (χ1v) is 9.25. The smallest absolute Gasteiger partial charge is 0.230 e. The summed E-state index contributed by atoms with van der Waals surface area (Å²) in [4.78, 5) is 13.5. The molecule has 1 heterocycles. The van der Waals surface area contributed by atoms with Crippen molar-refractivity contribution in [3.05, 3.63) is 22.6 Å². The first-order valence-electron chi connectivity index (χ1n) is 7.27. The summed E-state index contributed by atoms with van der Waals surface area (Å²) in [6, 6.07) is 0. The van der Waals surface area contributed by atoms with E-state index < -0.39 is 16.4 Å². The van der Waals surface area contributed by atoms with Crippen LogP contribution in [0.5, 0.6) is 0 Å². The molecule has 0 radical (unpaired) electrons. The SMILES string of the molecule is C=CCC1(Cl)C(=O)C(Cl)=C(SC(=S)N2CCOCC2)C1(OC)OC. The number of carbonyl (C=O) groups excluding carboxylic acids is 1. The Morgan fingerprint density at radius 1 is 1.46 bits per heavy atom. The lowest BCUT2D eigenvalue weighted by molar-refractivity contribution is -0.191. The van der Waals surface area contributed by atoms with Crippen molar-refractivity contribution in [3.8, 4) is 0 Å². The molecule has 24 heavy (non-hydrogen) atoms. The summed E-state index contributed by atoms with van der Waals surface area (Å²) in [7, 11) is 2.84. The molecule has 0 spiro atoms. The Labute approximate surface area is 161 Å². The number of hydrogen-bond acceptors (Lipinski definition) is 6. The Morgan fingerprint density at radius 3 is 2.54 bits per heavy atom. The molecule has 0 amide bonds. The summed E-state index contributed by atoms with van der Waals surface area (Å²) in [5, 5.41) is -0.0174. The van der Waals surface area contributed by atoms with E-state index >= 15 is 0 Å². The molecule has 5 nitrogen and oxygen atoms in total. The number of allylic oxidation sites excluding steroid dienone is 2. The van der Waals surface area contributed by atoms with Gasteiger partial charge in [-0.25, -0.2) is 0 Å². The van der Waals surface area contributed by atoms with Crippen LogP contribution in [0.15, 0.2) is 22.6 Å². The van der Waals surface area contributed by atoms with E-state index in [2.05, 4.69) is 6.58 Å². The van der Waals surface area contributed by atoms with E-state index in [0.717, 1.165) is 0 Å². The van der Waals surface area contributed by atoms with Crippen LogP contribution in [0.25, 0.3) is 0 Å². The van der Waals surface area contributed by atoms with Crippen molar-refractivity contribution < 1.29 is 19.0 Å². The van der Waals surface area contributed by atoms with Gasteiger partial charge in [-0.3, -0.25) is 4.79 Å². The van der Waals surface area contributed by atoms with Gasteiger partial charge in [-0.05, 0) is 6.42 Å². The molecule has 0 N–H and O–H groups in total. The molecule has 2 aliphatic rings. The maximum Gasteiger partial charge on any atom is 0.230 e. The maximum absolute atomic E-state index is 12.7. The molecule has 1 aliphatic carbocycles. The normalized spacial score (nSPS) is 26.8. The molecule has 134 valence electrons. The minimum Gasteiger partial charge on any atom is -0.378 e. The molecule has 1 fully saturated rings. The third kappa shape index (κ3) is 3.16. The van der Waals surface area contributed by atoms with Gasteiger partial charge in [0.05, 0.1) is 18.1 Å². The van der Waals surface area contributed by atoms with Crippen molar-refractivity contribution >= 4 is 57.3 Å². The van der Waals surface area contributed by atoms with Crippen LogP contribution in [0.3, 0.4) is 0 Å². The zero-order valence-corrected chi connectivity index (χ0v) is 16.6. The summed E-state index contributed by atoms with van der Waals surface area (Å²) in [6.45, 7) is 6.21. The van der Waals surface area contributed by atoms with Crippen LogP contribution >= 0.6 is 47.2 Å². The summed E-state index contributed by atoms with van der Waals surface area (Å²) in [5.74, 6) is -1.97. The lowest BCUT2D eigenvalue weighted by atomic mass is 9.95. The highest BCUT2D eigenvalue weighted by molar-refractivity contribution is 8.25. The van der Waals surface area contributed by atoms with E-state index in [9.17, 15) is 4.79 Å². The second-order valence-electron chi connectivity index (χ2n) is 5.26. The van der Waals surface area contributed by atoms with Crippen LogP contribution in [0.4, 0.5) is 0 Å². The number of ketones is 1. The number of morpholine rings is 1. The van der Waals surface area contributed by atoms with Crippen molar-refractivity contribution in [1.29, 1.82) is 0 Å². The molecule has 0 aromatic carbocycles. The lowest BCUT2D eigenvalue weighted by Crippen LogP contribution is -2.54. The van der Waals surface area contributed by atoms with E-state index in [0.29, 0.717) is 35.5 Å². The third-order valence-corrected chi connectivity index (χ3v) is 6.70. The summed E-state index contributed by atoms with van der Waals surface area (Å²) in [6.07, 6.45) is 1.68. The number of alkyl halides is 1. The Kier molecular flexibility index (Phi) is 6.75. The number of hydrogen-bond donors (Lipinski definition) is 0. The fraction of sp³-hybridized carbons (Fsp3) is 0.600. The lowest BCUT2D eigenvalue weighted by Gasteiger charge is -2.39. The van der Waals surface area contributed by atoms with E-state index in [4.69, 9.17) is 49.6 Å². The minimum absolute atomic E-state index is 0.0174. The number of halogens is 2. The molecule has 0 saturated carbocycles. The molecule has 9 heteroatoms. The van der Waals surface area contributed by atoms with Gasteiger partial charge in [0.2, 0.25) is 11.6 Å². The van der Waals surface area contributed by atoms with Crippen molar-refractivity contribution in [1.82, 2.24) is 4.90 Å². The largest absolute Gasteiger partial charge is 0.378 e. The van der Waals surface area contributed by atoms with Crippen LogP contribution in [0.1, 0.15) is 6.42 Å². The van der Waals surface area contributed by atoms with Crippen LogP contribution in [0.2, 0.25) is 0 Å². The van der Waals surface area contributed by atoms with Crippen LogP contribution in [0, 0.1) is 0 Å². The number of carbonyl (C=O) groups is 1. The van der Waals surface area contributed by atoms with Gasteiger partial charge in [0.25, 0.3) is 0 Å². The van der Waals surface area contributed by atoms with Gasteiger partial charge in [-0.2, -0.15) is 0 Å². The molecule has 1 unspecified atom stereocenters. The Hall–Kier alpha value is -0.150. The van der Waals surface area contributed by atoms with Gasteiger partial charge in [0, 0.05) is 27.3 Å². The minimum atomic E-state index is -1.52. The number of nitrogens with zero attached hydrogens (tertiary/aromatic N) is 1. The second kappa shape index (κ2) is 8.03. The molecular formula is C15H19Cl2NO4S2. The predicted octanol–water partition coefficient (Wildman–Crippen LogP) is 2.91. The maximum atomic E-state index is 12.7. The average Bonchev–Trinajstić information content (AvgIpc) is 2.75. The topological polar surface area (TPSA) is 48.0 Å². The fourth-order valence-electron chi connectivity index (χ4n) is 2.78. The molecule has 0 bridgehead atoms. The second-order valence-corrected chi connectivity index (χ2v) is 7.93. The van der Waals surface area contributed by atoms with Crippen LogP contribution < -0.4 is 0 Å². The summed E-state index contributed by atoms with van der Waals surface area (Å²) >= 11 is 19.6. The van der Waals surface area contributed by atoms with E-state index in [1.165, 1.54) is 32.1 Å². The predicted molar refractivity (Wildman–Crippen MR) is 101 cm³/mol. The monoisotopic (exact) mass is 411 g/mol. The number of ether oxygens (including phenoxy) is 3. The van der Waals surface area contributed by atoms with Gasteiger partial charge in [0.1, 0.15) is 9.35 Å². The molecule has 1 saturated heterocycles. The first kappa shape index (κ1) is 20.2. The number of Topliss-reactive ketones (excluding diaryl/α,β-unsaturated/α-hetero) is 1. The molecule has 0 aromatic heterocycles.